The Kier molecular flexibility index (Phi) is 7.52. The van der Waals surface area contributed by atoms with E-state index in [2.05, 4.69) is 0 Å². The molecule has 1 aromatic rings. The molecule has 1 rings (SSSR count). The van der Waals surface area contributed by atoms with Crippen molar-refractivity contribution in [1.29, 1.82) is 5.26 Å². The highest BCUT2D eigenvalue weighted by Crippen LogP contribution is 2.31. The first-order chi connectivity index (χ1) is 10.5. The van der Waals surface area contributed by atoms with Gasteiger partial charge in [0.25, 0.3) is 0 Å². The zero-order valence-electron chi connectivity index (χ0n) is 11.6. The third kappa shape index (κ3) is 7.21. The number of sulfone groups is 1. The number of rotatable bonds is 7. The van der Waals surface area contributed by atoms with Crippen LogP contribution >= 0.6 is 35.0 Å². The number of nitrogens with zero attached hydrogens (tertiary/aromatic N) is 1. The summed E-state index contributed by atoms with van der Waals surface area (Å²) in [4.78, 5) is 0. The molecule has 0 spiro atoms. The van der Waals surface area contributed by atoms with Gasteiger partial charge >= 0.3 is 5.51 Å². The molecule has 1 atom stereocenters. The number of aryl methyl sites for hydroxylation is 1. The second-order valence-electron chi connectivity index (χ2n) is 4.57. The molecule has 1 aromatic carbocycles. The van der Waals surface area contributed by atoms with E-state index in [1.165, 1.54) is 12.1 Å². The largest absolute Gasteiger partial charge is 0.441 e. The summed E-state index contributed by atoms with van der Waals surface area (Å²) in [7, 11) is -3.83. The van der Waals surface area contributed by atoms with E-state index >= 15 is 0 Å². The highest BCUT2D eigenvalue weighted by molar-refractivity contribution is 8.00. The number of hydrogen-bond acceptors (Lipinski definition) is 4. The van der Waals surface area contributed by atoms with Crippen LogP contribution < -0.4 is 0 Å². The van der Waals surface area contributed by atoms with Crippen LogP contribution in [-0.2, 0) is 16.3 Å². The molecular formula is C13H12Cl2F3NO2S2. The summed E-state index contributed by atoms with van der Waals surface area (Å²) in [5, 5.41) is 8.06. The minimum absolute atomic E-state index is 0.101. The van der Waals surface area contributed by atoms with Gasteiger partial charge in [-0.2, -0.15) is 18.4 Å². The standard InChI is InChI=1S/C13H12Cl2F3NO2S2/c14-11-2-1-9(7-12(11)15)4-6-23(20,21)10(8-19)3-5-22-13(16,17)18/h1-2,7,10H,3-6H2. The third-order valence-corrected chi connectivity index (χ3v) is 6.37. The summed E-state index contributed by atoms with van der Waals surface area (Å²) in [5.74, 6) is -0.826. The molecule has 0 heterocycles. The Bertz CT molecular complexity index is 687. The van der Waals surface area contributed by atoms with Gasteiger partial charge in [-0.25, -0.2) is 8.42 Å². The maximum Gasteiger partial charge on any atom is 0.441 e. The lowest BCUT2D eigenvalue weighted by molar-refractivity contribution is -0.0327. The van der Waals surface area contributed by atoms with E-state index in [1.807, 2.05) is 0 Å². The molecule has 1 unspecified atom stereocenters. The second kappa shape index (κ2) is 8.47. The summed E-state index contributed by atoms with van der Waals surface area (Å²) in [6.45, 7) is 0. The SMILES string of the molecule is N#CC(CCSC(F)(F)F)S(=O)(=O)CCc1ccc(Cl)c(Cl)c1. The lowest BCUT2D eigenvalue weighted by atomic mass is 10.2. The van der Waals surface area contributed by atoms with E-state index in [-0.39, 0.29) is 35.4 Å². The number of halogens is 5. The number of benzene rings is 1. The van der Waals surface area contributed by atoms with Crippen molar-refractivity contribution in [3.63, 3.8) is 0 Å². The van der Waals surface area contributed by atoms with Crippen molar-refractivity contribution in [1.82, 2.24) is 0 Å². The molecular weight excluding hydrogens is 394 g/mol. The molecule has 10 heteroatoms. The van der Waals surface area contributed by atoms with Crippen LogP contribution in [0.2, 0.25) is 10.0 Å². The van der Waals surface area contributed by atoms with Gasteiger partial charge in [0.05, 0.1) is 21.9 Å². The van der Waals surface area contributed by atoms with Crippen molar-refractivity contribution in [3.05, 3.63) is 33.8 Å². The van der Waals surface area contributed by atoms with E-state index in [0.29, 0.717) is 10.6 Å². The summed E-state index contributed by atoms with van der Waals surface area (Å²) < 4.78 is 60.3. The summed E-state index contributed by atoms with van der Waals surface area (Å²) in [6, 6.07) is 6.21. The van der Waals surface area contributed by atoms with Crippen LogP contribution in [-0.4, -0.2) is 30.7 Å². The van der Waals surface area contributed by atoms with Crippen LogP contribution in [0.4, 0.5) is 13.2 Å². The molecule has 23 heavy (non-hydrogen) atoms. The smallest absolute Gasteiger partial charge is 0.227 e. The first-order valence-electron chi connectivity index (χ1n) is 6.31. The maximum absolute atomic E-state index is 12.1. The molecule has 0 radical (unpaired) electrons. The highest BCUT2D eigenvalue weighted by Gasteiger charge is 2.30. The van der Waals surface area contributed by atoms with Crippen molar-refractivity contribution < 1.29 is 21.6 Å². The van der Waals surface area contributed by atoms with Gasteiger partial charge in [0.15, 0.2) is 9.84 Å². The maximum atomic E-state index is 12.1. The van der Waals surface area contributed by atoms with Gasteiger partial charge in [0.2, 0.25) is 0 Å². The van der Waals surface area contributed by atoms with Crippen molar-refractivity contribution in [2.75, 3.05) is 11.5 Å². The monoisotopic (exact) mass is 405 g/mol. The van der Waals surface area contributed by atoms with Crippen LogP contribution in [0.3, 0.4) is 0 Å². The average molecular weight is 406 g/mol. The zero-order chi connectivity index (χ0) is 17.7. The topological polar surface area (TPSA) is 57.9 Å². The molecule has 0 saturated heterocycles. The molecule has 0 aliphatic carbocycles. The Morgan fingerprint density at radius 3 is 2.43 bits per heavy atom. The lowest BCUT2D eigenvalue weighted by Crippen LogP contribution is -2.24. The minimum Gasteiger partial charge on any atom is -0.227 e. The molecule has 128 valence electrons. The summed E-state index contributed by atoms with van der Waals surface area (Å²) >= 11 is 11.2. The predicted octanol–water partition coefficient (Wildman–Crippen LogP) is 4.49. The van der Waals surface area contributed by atoms with Gasteiger partial charge < -0.3 is 0 Å². The third-order valence-electron chi connectivity index (χ3n) is 2.88. The van der Waals surface area contributed by atoms with Crippen LogP contribution in [0.25, 0.3) is 0 Å². The van der Waals surface area contributed by atoms with Crippen LogP contribution in [0.1, 0.15) is 12.0 Å². The Morgan fingerprint density at radius 2 is 1.91 bits per heavy atom. The van der Waals surface area contributed by atoms with E-state index in [4.69, 9.17) is 28.5 Å². The van der Waals surface area contributed by atoms with Crippen molar-refractivity contribution in [3.8, 4) is 6.07 Å². The van der Waals surface area contributed by atoms with E-state index in [9.17, 15) is 21.6 Å². The quantitative estimate of drug-likeness (QED) is 0.670. The van der Waals surface area contributed by atoms with Crippen LogP contribution in [0.5, 0.6) is 0 Å². The van der Waals surface area contributed by atoms with Gasteiger partial charge in [-0.05, 0) is 30.5 Å². The second-order valence-corrected chi connectivity index (χ2v) is 8.84. The first-order valence-corrected chi connectivity index (χ1v) is 9.76. The van der Waals surface area contributed by atoms with Crippen molar-refractivity contribution in [2.45, 2.75) is 23.6 Å². The van der Waals surface area contributed by atoms with E-state index in [1.54, 1.807) is 12.1 Å². The molecule has 0 aromatic heterocycles. The fourth-order valence-electron chi connectivity index (χ4n) is 1.70. The zero-order valence-corrected chi connectivity index (χ0v) is 14.8. The number of hydrogen-bond donors (Lipinski definition) is 0. The molecule has 0 bridgehead atoms. The number of alkyl halides is 3. The fraction of sp³-hybridized carbons (Fsp3) is 0.462. The Labute approximate surface area is 146 Å². The minimum atomic E-state index is -4.44. The summed E-state index contributed by atoms with van der Waals surface area (Å²) in [5.41, 5.74) is -3.83. The summed E-state index contributed by atoms with van der Waals surface area (Å²) in [6.07, 6.45) is -0.270. The Hall–Kier alpha value is -0.620. The first kappa shape index (κ1) is 20.4. The Morgan fingerprint density at radius 1 is 1.26 bits per heavy atom. The molecule has 0 aliphatic heterocycles. The van der Waals surface area contributed by atoms with Gasteiger partial charge in [0.1, 0.15) is 5.25 Å². The number of thioether (sulfide) groups is 1. The lowest BCUT2D eigenvalue weighted by Gasteiger charge is -2.11. The number of nitriles is 1. The highest BCUT2D eigenvalue weighted by atomic mass is 35.5. The molecule has 0 fully saturated rings. The van der Waals surface area contributed by atoms with Gasteiger partial charge in [-0.3, -0.25) is 0 Å². The molecule has 0 N–H and O–H groups in total. The van der Waals surface area contributed by atoms with E-state index in [0.717, 1.165) is 0 Å². The van der Waals surface area contributed by atoms with Gasteiger partial charge in [-0.1, -0.05) is 41.0 Å². The van der Waals surface area contributed by atoms with Crippen molar-refractivity contribution >= 4 is 44.8 Å². The normalized spacial score (nSPS) is 13.6. The van der Waals surface area contributed by atoms with Gasteiger partial charge in [-0.15, -0.1) is 0 Å². The van der Waals surface area contributed by atoms with Crippen LogP contribution in [0, 0.1) is 11.3 Å². The van der Waals surface area contributed by atoms with E-state index < -0.39 is 26.3 Å². The molecule has 0 aliphatic rings. The van der Waals surface area contributed by atoms with Gasteiger partial charge in [0, 0.05) is 5.75 Å². The molecule has 3 nitrogen and oxygen atoms in total. The Balaban J connectivity index is 2.65. The fourth-order valence-corrected chi connectivity index (χ4v) is 4.20. The average Bonchev–Trinajstić information content (AvgIpc) is 2.43. The molecule has 0 amide bonds. The molecule has 0 saturated carbocycles. The predicted molar refractivity (Wildman–Crippen MR) is 86.5 cm³/mol. The van der Waals surface area contributed by atoms with Crippen molar-refractivity contribution in [2.24, 2.45) is 0 Å². The van der Waals surface area contributed by atoms with Crippen LogP contribution in [0.15, 0.2) is 18.2 Å².